The van der Waals surface area contributed by atoms with Gasteiger partial charge in [-0.05, 0) is 24.5 Å². The zero-order valence-electron chi connectivity index (χ0n) is 13.7. The van der Waals surface area contributed by atoms with Gasteiger partial charge >= 0.3 is 0 Å². The summed E-state index contributed by atoms with van der Waals surface area (Å²) in [7, 11) is 0. The number of rotatable bonds is 3. The average Bonchev–Trinajstić information content (AvgIpc) is 3.10. The first kappa shape index (κ1) is 16.4. The normalized spacial score (nSPS) is 15.1. The van der Waals surface area contributed by atoms with Gasteiger partial charge in [0.25, 0.3) is 5.69 Å². The van der Waals surface area contributed by atoms with E-state index < -0.39 is 4.92 Å². The van der Waals surface area contributed by atoms with Crippen molar-refractivity contribution in [1.82, 2.24) is 4.98 Å². The molecule has 0 saturated carbocycles. The van der Waals surface area contributed by atoms with Crippen LogP contribution < -0.4 is 0 Å². The Morgan fingerprint density at radius 2 is 1.88 bits per heavy atom. The van der Waals surface area contributed by atoms with E-state index in [1.165, 1.54) is 23.5 Å². The summed E-state index contributed by atoms with van der Waals surface area (Å²) in [6, 6.07) is 16.1. The van der Waals surface area contributed by atoms with Gasteiger partial charge < -0.3 is 0 Å². The summed E-state index contributed by atoms with van der Waals surface area (Å²) in [6.45, 7) is 0. The first-order valence-corrected chi connectivity index (χ1v) is 8.98. The van der Waals surface area contributed by atoms with Crippen LogP contribution in [0, 0.1) is 10.1 Å². The van der Waals surface area contributed by atoms with Gasteiger partial charge in [0.1, 0.15) is 5.01 Å². The lowest BCUT2D eigenvalue weighted by atomic mass is 9.94. The number of non-ortho nitro benzene ring substituents is 1. The number of nitro groups is 1. The molecule has 0 radical (unpaired) electrons. The number of Topliss-reactive ketones (excluding diaryl/α,β-unsaturated/α-hetero) is 1. The number of nitro benzene ring substituents is 1. The van der Waals surface area contributed by atoms with Crippen LogP contribution in [0.3, 0.4) is 0 Å². The van der Waals surface area contributed by atoms with Crippen molar-refractivity contribution in [2.45, 2.75) is 12.8 Å². The van der Waals surface area contributed by atoms with Crippen molar-refractivity contribution >= 4 is 28.9 Å². The molecule has 0 atom stereocenters. The highest BCUT2D eigenvalue weighted by atomic mass is 32.1. The topological polar surface area (TPSA) is 73.1 Å². The molecule has 5 nitrogen and oxygen atoms in total. The molecular weight excluding hydrogens is 348 g/mol. The number of hydrogen-bond acceptors (Lipinski definition) is 5. The molecule has 0 amide bonds. The monoisotopic (exact) mass is 362 g/mol. The molecule has 0 unspecified atom stereocenters. The number of fused-ring (bicyclic) bond motifs is 1. The SMILES string of the molecule is O=C1C(=Cc2cccc([N+](=O)[O-])c2)CCc2nc(-c3ccccc3)sc21. The molecule has 0 fully saturated rings. The number of allylic oxidation sites excluding steroid dienone is 1. The minimum atomic E-state index is -0.432. The molecule has 128 valence electrons. The zero-order chi connectivity index (χ0) is 18.1. The number of thiazole rings is 1. The minimum absolute atomic E-state index is 0.0208. The Labute approximate surface area is 153 Å². The summed E-state index contributed by atoms with van der Waals surface area (Å²) in [4.78, 5) is 28.6. The van der Waals surface area contributed by atoms with Gasteiger partial charge in [-0.1, -0.05) is 42.5 Å². The molecule has 0 N–H and O–H groups in total. The van der Waals surface area contributed by atoms with E-state index in [0.29, 0.717) is 28.9 Å². The highest BCUT2D eigenvalue weighted by molar-refractivity contribution is 7.17. The van der Waals surface area contributed by atoms with E-state index in [-0.39, 0.29) is 11.5 Å². The molecular formula is C20H14N2O3S. The van der Waals surface area contributed by atoms with Crippen LogP contribution in [0.1, 0.15) is 27.3 Å². The van der Waals surface area contributed by atoms with Crippen molar-refractivity contribution < 1.29 is 9.72 Å². The number of hydrogen-bond donors (Lipinski definition) is 0. The van der Waals surface area contributed by atoms with Crippen molar-refractivity contribution in [1.29, 1.82) is 0 Å². The third-order valence-corrected chi connectivity index (χ3v) is 5.41. The second-order valence-electron chi connectivity index (χ2n) is 6.01. The van der Waals surface area contributed by atoms with E-state index in [9.17, 15) is 14.9 Å². The molecule has 4 rings (SSSR count). The van der Waals surface area contributed by atoms with Crippen LogP contribution in [0.25, 0.3) is 16.6 Å². The molecule has 0 saturated heterocycles. The summed E-state index contributed by atoms with van der Waals surface area (Å²) >= 11 is 1.41. The predicted octanol–water partition coefficient (Wildman–Crippen LogP) is 4.93. The van der Waals surface area contributed by atoms with Crippen molar-refractivity contribution in [3.8, 4) is 10.6 Å². The lowest BCUT2D eigenvalue weighted by molar-refractivity contribution is -0.384. The molecule has 0 aliphatic heterocycles. The van der Waals surface area contributed by atoms with Gasteiger partial charge in [-0.2, -0.15) is 0 Å². The Morgan fingerprint density at radius 3 is 2.65 bits per heavy atom. The number of aryl methyl sites for hydroxylation is 1. The van der Waals surface area contributed by atoms with Gasteiger partial charge in [-0.3, -0.25) is 14.9 Å². The Hall–Kier alpha value is -3.12. The van der Waals surface area contributed by atoms with Crippen molar-refractivity contribution in [3.63, 3.8) is 0 Å². The maximum atomic E-state index is 12.9. The standard InChI is InChI=1S/C20H14N2O3S/c23-18-15(11-13-5-4-8-16(12-13)22(24)25)9-10-17-19(18)26-20(21-17)14-6-2-1-3-7-14/h1-8,11-12H,9-10H2. The van der Waals surface area contributed by atoms with Crippen LogP contribution in [-0.2, 0) is 6.42 Å². The van der Waals surface area contributed by atoms with Gasteiger partial charge in [0.15, 0.2) is 0 Å². The van der Waals surface area contributed by atoms with E-state index in [1.807, 2.05) is 30.3 Å². The molecule has 6 heteroatoms. The highest BCUT2D eigenvalue weighted by Crippen LogP contribution is 2.35. The largest absolute Gasteiger partial charge is 0.288 e. The molecule has 2 aromatic carbocycles. The maximum Gasteiger partial charge on any atom is 0.270 e. The van der Waals surface area contributed by atoms with Crippen LogP contribution in [0.15, 0.2) is 60.2 Å². The fraction of sp³-hybridized carbons (Fsp3) is 0.100. The van der Waals surface area contributed by atoms with Crippen molar-refractivity contribution in [2.75, 3.05) is 0 Å². The molecule has 0 bridgehead atoms. The number of benzene rings is 2. The van der Waals surface area contributed by atoms with E-state index in [1.54, 1.807) is 18.2 Å². The van der Waals surface area contributed by atoms with E-state index in [0.717, 1.165) is 16.3 Å². The van der Waals surface area contributed by atoms with Crippen LogP contribution in [0.2, 0.25) is 0 Å². The lowest BCUT2D eigenvalue weighted by Crippen LogP contribution is -2.12. The maximum absolute atomic E-state index is 12.9. The second-order valence-corrected chi connectivity index (χ2v) is 7.01. The number of carbonyl (C=O) groups is 1. The summed E-state index contributed by atoms with van der Waals surface area (Å²) in [5.41, 5.74) is 3.20. The first-order chi connectivity index (χ1) is 12.6. The number of aromatic nitrogens is 1. The van der Waals surface area contributed by atoms with Gasteiger partial charge in [-0.25, -0.2) is 4.98 Å². The van der Waals surface area contributed by atoms with Crippen molar-refractivity contribution in [2.24, 2.45) is 0 Å². The Kier molecular flexibility index (Phi) is 4.18. The second kappa shape index (κ2) is 6.65. The quantitative estimate of drug-likeness (QED) is 0.376. The molecule has 1 aliphatic rings. The smallest absolute Gasteiger partial charge is 0.270 e. The number of carbonyl (C=O) groups excluding carboxylic acids is 1. The average molecular weight is 362 g/mol. The van der Waals surface area contributed by atoms with E-state index in [2.05, 4.69) is 4.98 Å². The van der Waals surface area contributed by atoms with Gasteiger partial charge in [-0.15, -0.1) is 11.3 Å². The third kappa shape index (κ3) is 3.07. The van der Waals surface area contributed by atoms with Crippen LogP contribution >= 0.6 is 11.3 Å². The molecule has 3 aromatic rings. The van der Waals surface area contributed by atoms with Gasteiger partial charge in [0.05, 0.1) is 15.5 Å². The Balaban J connectivity index is 1.67. The van der Waals surface area contributed by atoms with Crippen molar-refractivity contribution in [3.05, 3.63) is 86.4 Å². The molecule has 1 aromatic heterocycles. The number of nitrogens with zero attached hydrogens (tertiary/aromatic N) is 2. The van der Waals surface area contributed by atoms with Gasteiger partial charge in [0, 0.05) is 23.3 Å². The zero-order valence-corrected chi connectivity index (χ0v) is 14.5. The molecule has 26 heavy (non-hydrogen) atoms. The first-order valence-electron chi connectivity index (χ1n) is 8.16. The fourth-order valence-corrected chi connectivity index (χ4v) is 4.07. The highest BCUT2D eigenvalue weighted by Gasteiger charge is 2.26. The third-order valence-electron chi connectivity index (χ3n) is 4.27. The van der Waals surface area contributed by atoms with Crippen LogP contribution in [0.5, 0.6) is 0 Å². The van der Waals surface area contributed by atoms with Crippen LogP contribution in [0.4, 0.5) is 5.69 Å². The minimum Gasteiger partial charge on any atom is -0.288 e. The molecule has 1 heterocycles. The summed E-state index contributed by atoms with van der Waals surface area (Å²) in [5.74, 6) is -0.0302. The molecule has 0 spiro atoms. The van der Waals surface area contributed by atoms with E-state index in [4.69, 9.17) is 0 Å². The fourth-order valence-electron chi connectivity index (χ4n) is 2.98. The van der Waals surface area contributed by atoms with Crippen LogP contribution in [-0.4, -0.2) is 15.7 Å². The summed E-state index contributed by atoms with van der Waals surface area (Å²) < 4.78 is 0. The summed E-state index contributed by atoms with van der Waals surface area (Å²) in [5, 5.41) is 11.8. The Bertz CT molecular complexity index is 1040. The Morgan fingerprint density at radius 1 is 1.08 bits per heavy atom. The van der Waals surface area contributed by atoms with E-state index >= 15 is 0 Å². The lowest BCUT2D eigenvalue weighted by Gasteiger charge is -2.12. The predicted molar refractivity (Wildman–Crippen MR) is 101 cm³/mol. The molecule has 1 aliphatic carbocycles. The summed E-state index contributed by atoms with van der Waals surface area (Å²) in [6.07, 6.45) is 3.04. The van der Waals surface area contributed by atoms with Gasteiger partial charge in [0.2, 0.25) is 5.78 Å². The number of ketones is 1.